The van der Waals surface area contributed by atoms with Crippen molar-refractivity contribution in [3.63, 3.8) is 0 Å². The lowest BCUT2D eigenvalue weighted by atomic mass is 9.85. The van der Waals surface area contributed by atoms with E-state index in [0.29, 0.717) is 0 Å². The van der Waals surface area contributed by atoms with E-state index in [0.717, 1.165) is 11.8 Å². The van der Waals surface area contributed by atoms with Crippen LogP contribution >= 0.6 is 0 Å². The Morgan fingerprint density at radius 2 is 2.00 bits per heavy atom. The molecule has 0 aromatic rings. The van der Waals surface area contributed by atoms with E-state index in [2.05, 4.69) is 26.8 Å². The molecule has 0 fully saturated rings. The highest BCUT2D eigenvalue weighted by Gasteiger charge is 2.12. The van der Waals surface area contributed by atoms with Gasteiger partial charge in [0.15, 0.2) is 0 Å². The minimum absolute atomic E-state index is 0.834. The summed E-state index contributed by atoms with van der Waals surface area (Å²) in [5, 5.41) is 0. The molecule has 52 valence electrons. The normalized spacial score (nSPS) is 36.1. The zero-order valence-corrected chi connectivity index (χ0v) is 6.65. The highest BCUT2D eigenvalue weighted by atomic mass is 14.2. The molecule has 0 nitrogen and oxygen atoms in total. The summed E-state index contributed by atoms with van der Waals surface area (Å²) in [4.78, 5) is 0. The zero-order valence-electron chi connectivity index (χ0n) is 6.65. The first-order valence-electron chi connectivity index (χ1n) is 3.88. The van der Waals surface area contributed by atoms with Crippen LogP contribution in [0.2, 0.25) is 0 Å². The number of hydrogen-bond acceptors (Lipinski definition) is 0. The SMILES string of the molecule is CC1=CC(C)CC[C@H]1C. The Kier molecular flexibility index (Phi) is 1.94. The Morgan fingerprint density at radius 1 is 1.33 bits per heavy atom. The number of allylic oxidation sites excluding steroid dienone is 2. The third-order valence-electron chi connectivity index (χ3n) is 2.38. The standard InChI is InChI=1S/C9H16/c1-7-4-5-8(2)9(3)6-7/h6-8H,4-5H2,1-3H3/t7?,8-/m1/s1. The molecule has 0 bridgehead atoms. The Hall–Kier alpha value is -0.260. The molecule has 0 saturated heterocycles. The van der Waals surface area contributed by atoms with Gasteiger partial charge in [0, 0.05) is 0 Å². The summed E-state index contributed by atoms with van der Waals surface area (Å²) in [6, 6.07) is 0. The van der Waals surface area contributed by atoms with Gasteiger partial charge in [-0.1, -0.05) is 25.5 Å². The van der Waals surface area contributed by atoms with Gasteiger partial charge in [0.05, 0.1) is 0 Å². The quantitative estimate of drug-likeness (QED) is 0.435. The van der Waals surface area contributed by atoms with E-state index in [1.807, 2.05) is 0 Å². The molecular weight excluding hydrogens is 108 g/mol. The van der Waals surface area contributed by atoms with Gasteiger partial charge in [-0.2, -0.15) is 0 Å². The van der Waals surface area contributed by atoms with E-state index >= 15 is 0 Å². The average molecular weight is 124 g/mol. The maximum Gasteiger partial charge on any atom is -0.0234 e. The number of hydrogen-bond donors (Lipinski definition) is 0. The van der Waals surface area contributed by atoms with Crippen molar-refractivity contribution in [3.05, 3.63) is 11.6 Å². The van der Waals surface area contributed by atoms with Crippen LogP contribution in [0.25, 0.3) is 0 Å². The summed E-state index contributed by atoms with van der Waals surface area (Å²) >= 11 is 0. The lowest BCUT2D eigenvalue weighted by molar-refractivity contribution is 0.479. The monoisotopic (exact) mass is 124 g/mol. The van der Waals surface area contributed by atoms with E-state index in [1.54, 1.807) is 5.57 Å². The molecule has 0 aromatic carbocycles. The van der Waals surface area contributed by atoms with Crippen molar-refractivity contribution in [3.8, 4) is 0 Å². The van der Waals surface area contributed by atoms with Crippen LogP contribution in [-0.2, 0) is 0 Å². The van der Waals surface area contributed by atoms with Gasteiger partial charge in [0.2, 0.25) is 0 Å². The molecule has 0 saturated carbocycles. The second-order valence-corrected chi connectivity index (χ2v) is 3.37. The summed E-state index contributed by atoms with van der Waals surface area (Å²) in [5.41, 5.74) is 1.59. The average Bonchev–Trinajstić information content (AvgIpc) is 1.80. The van der Waals surface area contributed by atoms with Crippen molar-refractivity contribution >= 4 is 0 Å². The predicted molar refractivity (Wildman–Crippen MR) is 41.3 cm³/mol. The molecule has 0 radical (unpaired) electrons. The van der Waals surface area contributed by atoms with Gasteiger partial charge in [-0.15, -0.1) is 0 Å². The van der Waals surface area contributed by atoms with Gasteiger partial charge < -0.3 is 0 Å². The van der Waals surface area contributed by atoms with E-state index in [-0.39, 0.29) is 0 Å². The molecule has 9 heavy (non-hydrogen) atoms. The number of rotatable bonds is 0. The second kappa shape index (κ2) is 2.55. The fourth-order valence-corrected chi connectivity index (χ4v) is 1.44. The Balaban J connectivity index is 2.61. The summed E-state index contributed by atoms with van der Waals surface area (Å²) in [6.45, 7) is 6.87. The second-order valence-electron chi connectivity index (χ2n) is 3.37. The zero-order chi connectivity index (χ0) is 6.85. The topological polar surface area (TPSA) is 0 Å². The smallest absolute Gasteiger partial charge is 0.0234 e. The molecular formula is C9H16. The molecule has 0 aromatic heterocycles. The van der Waals surface area contributed by atoms with Crippen LogP contribution in [0, 0.1) is 11.8 Å². The van der Waals surface area contributed by atoms with Crippen molar-refractivity contribution in [1.82, 2.24) is 0 Å². The highest BCUT2D eigenvalue weighted by molar-refractivity contribution is 5.07. The van der Waals surface area contributed by atoms with Crippen LogP contribution in [0.15, 0.2) is 11.6 Å². The Bertz CT molecular complexity index is 122. The van der Waals surface area contributed by atoms with E-state index in [1.165, 1.54) is 12.8 Å². The van der Waals surface area contributed by atoms with Crippen LogP contribution in [-0.4, -0.2) is 0 Å². The van der Waals surface area contributed by atoms with Gasteiger partial charge in [0.25, 0.3) is 0 Å². The first kappa shape index (κ1) is 6.85. The third kappa shape index (κ3) is 1.57. The minimum Gasteiger partial charge on any atom is -0.0825 e. The first-order valence-corrected chi connectivity index (χ1v) is 3.88. The largest absolute Gasteiger partial charge is 0.0825 e. The molecule has 1 unspecified atom stereocenters. The van der Waals surface area contributed by atoms with Crippen LogP contribution in [0.4, 0.5) is 0 Å². The summed E-state index contributed by atoms with van der Waals surface area (Å²) in [7, 11) is 0. The molecule has 1 aliphatic carbocycles. The molecule has 1 rings (SSSR count). The summed E-state index contributed by atoms with van der Waals surface area (Å²) in [6.07, 6.45) is 5.19. The molecule has 2 atom stereocenters. The van der Waals surface area contributed by atoms with Gasteiger partial charge in [0.1, 0.15) is 0 Å². The molecule has 1 aliphatic rings. The van der Waals surface area contributed by atoms with Crippen LogP contribution in [0.1, 0.15) is 33.6 Å². The van der Waals surface area contributed by atoms with E-state index in [9.17, 15) is 0 Å². The van der Waals surface area contributed by atoms with Crippen LogP contribution in [0.3, 0.4) is 0 Å². The van der Waals surface area contributed by atoms with Crippen LogP contribution in [0.5, 0.6) is 0 Å². The fourth-order valence-electron chi connectivity index (χ4n) is 1.44. The van der Waals surface area contributed by atoms with Crippen molar-refractivity contribution in [2.45, 2.75) is 33.6 Å². The lowest BCUT2D eigenvalue weighted by Gasteiger charge is -2.21. The van der Waals surface area contributed by atoms with Gasteiger partial charge in [-0.05, 0) is 31.6 Å². The fraction of sp³-hybridized carbons (Fsp3) is 0.778. The Labute approximate surface area is 58.0 Å². The lowest BCUT2D eigenvalue weighted by Crippen LogP contribution is -2.07. The van der Waals surface area contributed by atoms with E-state index < -0.39 is 0 Å². The van der Waals surface area contributed by atoms with Gasteiger partial charge >= 0.3 is 0 Å². The molecule has 0 aliphatic heterocycles. The Morgan fingerprint density at radius 3 is 2.44 bits per heavy atom. The van der Waals surface area contributed by atoms with Crippen molar-refractivity contribution < 1.29 is 0 Å². The molecule has 0 spiro atoms. The summed E-state index contributed by atoms with van der Waals surface area (Å²) in [5.74, 6) is 1.68. The van der Waals surface area contributed by atoms with E-state index in [4.69, 9.17) is 0 Å². The summed E-state index contributed by atoms with van der Waals surface area (Å²) < 4.78 is 0. The predicted octanol–water partition coefficient (Wildman–Crippen LogP) is 3.00. The van der Waals surface area contributed by atoms with Gasteiger partial charge in [-0.3, -0.25) is 0 Å². The maximum absolute atomic E-state index is 2.41. The molecule has 0 N–H and O–H groups in total. The molecule has 0 heteroatoms. The van der Waals surface area contributed by atoms with Crippen molar-refractivity contribution in [1.29, 1.82) is 0 Å². The van der Waals surface area contributed by atoms with Gasteiger partial charge in [-0.25, -0.2) is 0 Å². The maximum atomic E-state index is 2.41. The molecule has 0 amide bonds. The molecule has 0 heterocycles. The highest BCUT2D eigenvalue weighted by Crippen LogP contribution is 2.26. The minimum atomic E-state index is 0.834. The third-order valence-corrected chi connectivity index (χ3v) is 2.38. The first-order chi connectivity index (χ1) is 4.20. The van der Waals surface area contributed by atoms with Crippen LogP contribution < -0.4 is 0 Å². The van der Waals surface area contributed by atoms with Crippen molar-refractivity contribution in [2.75, 3.05) is 0 Å². The van der Waals surface area contributed by atoms with Crippen molar-refractivity contribution in [2.24, 2.45) is 11.8 Å².